The molecule has 94 valence electrons. The number of carbonyl (C=O) groups is 1. The Morgan fingerprint density at radius 2 is 2.00 bits per heavy atom. The second-order valence-electron chi connectivity index (χ2n) is 4.73. The van der Waals surface area contributed by atoms with Gasteiger partial charge < -0.3 is 5.32 Å². The summed E-state index contributed by atoms with van der Waals surface area (Å²) >= 11 is 0. The van der Waals surface area contributed by atoms with E-state index < -0.39 is 9.84 Å². The van der Waals surface area contributed by atoms with E-state index in [1.165, 1.54) is 6.26 Å². The summed E-state index contributed by atoms with van der Waals surface area (Å²) in [5, 5.41) is 2.60. The van der Waals surface area contributed by atoms with Crippen LogP contribution in [-0.2, 0) is 14.6 Å². The van der Waals surface area contributed by atoms with Gasteiger partial charge in [0.05, 0.1) is 11.3 Å². The number of carbonyl (C=O) groups excluding carboxylic acids is 1. The lowest BCUT2D eigenvalue weighted by Gasteiger charge is -2.28. The van der Waals surface area contributed by atoms with Crippen LogP contribution >= 0.6 is 0 Å². The maximum Gasteiger partial charge on any atom is 0.152 e. The van der Waals surface area contributed by atoms with Gasteiger partial charge in [0.2, 0.25) is 0 Å². The van der Waals surface area contributed by atoms with Crippen LogP contribution in [0.2, 0.25) is 0 Å². The fourth-order valence-corrected chi connectivity index (χ4v) is 3.46. The first kappa shape index (κ1) is 13.6. The zero-order valence-electron chi connectivity index (χ0n) is 10.2. The Morgan fingerprint density at radius 1 is 1.38 bits per heavy atom. The van der Waals surface area contributed by atoms with Crippen LogP contribution in [0.3, 0.4) is 0 Å². The molecule has 0 aromatic heterocycles. The standard InChI is InChI=1S/C11H21NO3S/c1-8(12-2)11(13)9-5-4-6-10(7-9)16(3,14)15/h8-10,12H,4-7H2,1-3H3. The van der Waals surface area contributed by atoms with Crippen LogP contribution in [0.15, 0.2) is 0 Å². The van der Waals surface area contributed by atoms with Crippen LogP contribution in [0.25, 0.3) is 0 Å². The van der Waals surface area contributed by atoms with Gasteiger partial charge in [0.25, 0.3) is 0 Å². The molecule has 0 radical (unpaired) electrons. The number of ketones is 1. The van der Waals surface area contributed by atoms with E-state index >= 15 is 0 Å². The monoisotopic (exact) mass is 247 g/mol. The lowest BCUT2D eigenvalue weighted by atomic mass is 9.84. The predicted octanol–water partition coefficient (Wildman–Crippen LogP) is 0.767. The van der Waals surface area contributed by atoms with E-state index in [1.807, 2.05) is 6.92 Å². The highest BCUT2D eigenvalue weighted by atomic mass is 32.2. The molecule has 1 aliphatic rings. The molecule has 0 heterocycles. The van der Waals surface area contributed by atoms with Gasteiger partial charge in [-0.15, -0.1) is 0 Å². The lowest BCUT2D eigenvalue weighted by molar-refractivity contribution is -0.125. The van der Waals surface area contributed by atoms with Gasteiger partial charge in [-0.1, -0.05) is 6.42 Å². The molecule has 0 saturated heterocycles. The molecule has 1 aliphatic carbocycles. The fourth-order valence-electron chi connectivity index (χ4n) is 2.29. The molecule has 5 heteroatoms. The Hall–Kier alpha value is -0.420. The van der Waals surface area contributed by atoms with Gasteiger partial charge in [-0.3, -0.25) is 4.79 Å². The summed E-state index contributed by atoms with van der Waals surface area (Å²) in [4.78, 5) is 11.9. The maximum atomic E-state index is 11.9. The Kier molecular flexibility index (Phi) is 4.50. The number of nitrogens with one attached hydrogen (secondary N) is 1. The molecule has 1 fully saturated rings. The zero-order valence-corrected chi connectivity index (χ0v) is 11.0. The quantitative estimate of drug-likeness (QED) is 0.797. The molecular formula is C11H21NO3S. The van der Waals surface area contributed by atoms with Gasteiger partial charge in [0.15, 0.2) is 5.78 Å². The first-order valence-electron chi connectivity index (χ1n) is 5.76. The summed E-state index contributed by atoms with van der Waals surface area (Å²) in [7, 11) is -1.25. The van der Waals surface area contributed by atoms with Gasteiger partial charge in [-0.05, 0) is 33.2 Å². The molecule has 16 heavy (non-hydrogen) atoms. The average Bonchev–Trinajstić information content (AvgIpc) is 2.26. The Labute approximate surface area is 97.7 Å². The van der Waals surface area contributed by atoms with Crippen LogP contribution < -0.4 is 5.32 Å². The number of sulfone groups is 1. The molecule has 1 rings (SSSR count). The number of hydrogen-bond acceptors (Lipinski definition) is 4. The maximum absolute atomic E-state index is 11.9. The third-order valence-electron chi connectivity index (χ3n) is 3.49. The molecule has 3 unspecified atom stereocenters. The van der Waals surface area contributed by atoms with E-state index in [0.29, 0.717) is 12.8 Å². The van der Waals surface area contributed by atoms with Crippen LogP contribution in [0, 0.1) is 5.92 Å². The molecule has 0 spiro atoms. The minimum Gasteiger partial charge on any atom is -0.311 e. The van der Waals surface area contributed by atoms with Crippen molar-refractivity contribution in [2.24, 2.45) is 5.92 Å². The molecule has 0 bridgehead atoms. The van der Waals surface area contributed by atoms with Crippen LogP contribution in [0.4, 0.5) is 0 Å². The predicted molar refractivity (Wildman–Crippen MR) is 64.1 cm³/mol. The summed E-state index contributed by atoms with van der Waals surface area (Å²) < 4.78 is 22.9. The minimum atomic E-state index is -3.00. The molecule has 0 aromatic carbocycles. The van der Waals surface area contributed by atoms with E-state index in [1.54, 1.807) is 7.05 Å². The van der Waals surface area contributed by atoms with E-state index in [2.05, 4.69) is 5.32 Å². The summed E-state index contributed by atoms with van der Waals surface area (Å²) in [6, 6.07) is -0.177. The molecular weight excluding hydrogens is 226 g/mol. The number of likely N-dealkylation sites (N-methyl/N-ethyl adjacent to an activating group) is 1. The smallest absolute Gasteiger partial charge is 0.152 e. The zero-order chi connectivity index (χ0) is 12.3. The van der Waals surface area contributed by atoms with E-state index in [0.717, 1.165) is 12.8 Å². The Morgan fingerprint density at radius 3 is 2.50 bits per heavy atom. The number of Topliss-reactive ketones (excluding diaryl/α,β-unsaturated/α-hetero) is 1. The van der Waals surface area contributed by atoms with Crippen LogP contribution in [-0.4, -0.2) is 38.8 Å². The molecule has 0 aliphatic heterocycles. The van der Waals surface area contributed by atoms with E-state index in [-0.39, 0.29) is 23.0 Å². The van der Waals surface area contributed by atoms with Gasteiger partial charge in [-0.2, -0.15) is 0 Å². The first-order chi connectivity index (χ1) is 7.36. The Bertz CT molecular complexity index is 350. The van der Waals surface area contributed by atoms with Crippen molar-refractivity contribution in [2.75, 3.05) is 13.3 Å². The van der Waals surface area contributed by atoms with Gasteiger partial charge in [0.1, 0.15) is 9.84 Å². The summed E-state index contributed by atoms with van der Waals surface area (Å²) in [6.45, 7) is 1.83. The third kappa shape index (κ3) is 3.28. The second-order valence-corrected chi connectivity index (χ2v) is 7.05. The normalized spacial score (nSPS) is 28.7. The van der Waals surface area contributed by atoms with Gasteiger partial charge >= 0.3 is 0 Å². The van der Waals surface area contributed by atoms with Crippen molar-refractivity contribution in [1.29, 1.82) is 0 Å². The molecule has 1 N–H and O–H groups in total. The molecule has 3 atom stereocenters. The SMILES string of the molecule is CNC(C)C(=O)C1CCCC(S(C)(=O)=O)C1. The highest BCUT2D eigenvalue weighted by Crippen LogP contribution is 2.29. The number of rotatable bonds is 4. The highest BCUT2D eigenvalue weighted by molar-refractivity contribution is 7.91. The average molecular weight is 247 g/mol. The fraction of sp³-hybridized carbons (Fsp3) is 0.909. The largest absolute Gasteiger partial charge is 0.311 e. The summed E-state index contributed by atoms with van der Waals surface area (Å²) in [5.74, 6) is 0.0618. The van der Waals surface area contributed by atoms with Crippen molar-refractivity contribution in [1.82, 2.24) is 5.32 Å². The van der Waals surface area contributed by atoms with Crippen LogP contribution in [0.5, 0.6) is 0 Å². The highest BCUT2D eigenvalue weighted by Gasteiger charge is 2.33. The van der Waals surface area contributed by atoms with Crippen molar-refractivity contribution in [2.45, 2.75) is 43.9 Å². The third-order valence-corrected chi connectivity index (χ3v) is 5.13. The van der Waals surface area contributed by atoms with E-state index in [9.17, 15) is 13.2 Å². The van der Waals surface area contributed by atoms with Gasteiger partial charge in [0, 0.05) is 12.2 Å². The summed E-state index contributed by atoms with van der Waals surface area (Å²) in [6.07, 6.45) is 4.15. The van der Waals surface area contributed by atoms with E-state index in [4.69, 9.17) is 0 Å². The number of hydrogen-bond donors (Lipinski definition) is 1. The molecule has 0 amide bonds. The topological polar surface area (TPSA) is 63.2 Å². The molecule has 4 nitrogen and oxygen atoms in total. The van der Waals surface area contributed by atoms with Crippen molar-refractivity contribution in [3.8, 4) is 0 Å². The van der Waals surface area contributed by atoms with Crippen molar-refractivity contribution < 1.29 is 13.2 Å². The van der Waals surface area contributed by atoms with Crippen LogP contribution in [0.1, 0.15) is 32.6 Å². The van der Waals surface area contributed by atoms with Crippen molar-refractivity contribution in [3.63, 3.8) is 0 Å². The Balaban J connectivity index is 2.68. The van der Waals surface area contributed by atoms with Gasteiger partial charge in [-0.25, -0.2) is 8.42 Å². The molecule has 1 saturated carbocycles. The lowest BCUT2D eigenvalue weighted by Crippen LogP contribution is -2.39. The van der Waals surface area contributed by atoms with Crippen molar-refractivity contribution in [3.05, 3.63) is 0 Å². The molecule has 0 aromatic rings. The van der Waals surface area contributed by atoms with Crippen molar-refractivity contribution >= 4 is 15.6 Å². The minimum absolute atomic E-state index is 0.0871. The second kappa shape index (κ2) is 5.27. The first-order valence-corrected chi connectivity index (χ1v) is 7.71. The summed E-state index contributed by atoms with van der Waals surface area (Å²) in [5.41, 5.74) is 0.